The monoisotopic (exact) mass is 602 g/mol. The molecule has 0 heterocycles. The largest absolute Gasteiger partial charge is 0.429 e. The molecule has 2 aliphatic rings. The number of halogens is 6. The molecular formula is C36H40F6O. The van der Waals surface area contributed by atoms with Crippen LogP contribution in [0, 0.1) is 41.0 Å². The topological polar surface area (TPSA) is 9.23 Å². The molecule has 2 fully saturated rings. The van der Waals surface area contributed by atoms with Crippen molar-refractivity contribution in [3.63, 3.8) is 0 Å². The third kappa shape index (κ3) is 7.58. The molecule has 0 N–H and O–H groups in total. The lowest BCUT2D eigenvalue weighted by Crippen LogP contribution is -2.25. The summed E-state index contributed by atoms with van der Waals surface area (Å²) in [4.78, 5) is 0. The first-order valence-electron chi connectivity index (χ1n) is 15.8. The highest BCUT2D eigenvalue weighted by atomic mass is 19.3. The molecule has 0 spiro atoms. The van der Waals surface area contributed by atoms with Gasteiger partial charge in [0, 0.05) is 11.6 Å². The first kappa shape index (κ1) is 31.5. The summed E-state index contributed by atoms with van der Waals surface area (Å²) in [5.74, 6) is -2.34. The Morgan fingerprint density at radius 1 is 0.674 bits per heavy atom. The minimum atomic E-state index is -4.16. The summed E-state index contributed by atoms with van der Waals surface area (Å²) in [6.07, 6.45) is 11.0. The zero-order chi connectivity index (χ0) is 30.6. The van der Waals surface area contributed by atoms with Crippen LogP contribution in [0.25, 0.3) is 11.1 Å². The molecule has 7 heteroatoms. The van der Waals surface area contributed by atoms with Crippen LogP contribution in [0.2, 0.25) is 0 Å². The van der Waals surface area contributed by atoms with Gasteiger partial charge in [-0.1, -0.05) is 63.6 Å². The number of alkyl halides is 2. The Morgan fingerprint density at radius 2 is 1.37 bits per heavy atom. The lowest BCUT2D eigenvalue weighted by atomic mass is 9.68. The molecule has 2 aliphatic carbocycles. The van der Waals surface area contributed by atoms with Gasteiger partial charge in [0.25, 0.3) is 0 Å². The Kier molecular flexibility index (Phi) is 10.1. The highest BCUT2D eigenvalue weighted by Crippen LogP contribution is 2.45. The summed E-state index contributed by atoms with van der Waals surface area (Å²) in [6.45, 7) is 2.25. The van der Waals surface area contributed by atoms with Gasteiger partial charge in [-0.05, 0) is 104 Å². The molecule has 0 atom stereocenters. The Balaban J connectivity index is 1.18. The van der Waals surface area contributed by atoms with Crippen LogP contribution in [0.5, 0.6) is 5.75 Å². The molecule has 0 radical (unpaired) electrons. The van der Waals surface area contributed by atoms with Crippen LogP contribution in [0.3, 0.4) is 0 Å². The van der Waals surface area contributed by atoms with Gasteiger partial charge in [-0.25, -0.2) is 17.6 Å². The van der Waals surface area contributed by atoms with E-state index in [1.807, 2.05) is 6.07 Å². The number of hydrogen-bond acceptors (Lipinski definition) is 1. The van der Waals surface area contributed by atoms with Crippen molar-refractivity contribution in [2.75, 3.05) is 0 Å². The number of benzene rings is 3. The molecular weight excluding hydrogens is 562 g/mol. The van der Waals surface area contributed by atoms with Gasteiger partial charge in [-0.2, -0.15) is 8.78 Å². The van der Waals surface area contributed by atoms with Crippen molar-refractivity contribution < 1.29 is 31.1 Å². The van der Waals surface area contributed by atoms with Gasteiger partial charge in [0.2, 0.25) is 0 Å². The molecule has 0 amide bonds. The van der Waals surface area contributed by atoms with Crippen molar-refractivity contribution in [3.05, 3.63) is 89.0 Å². The van der Waals surface area contributed by atoms with Crippen LogP contribution < -0.4 is 4.74 Å². The second kappa shape index (κ2) is 13.8. The van der Waals surface area contributed by atoms with Crippen molar-refractivity contribution in [2.45, 2.75) is 96.0 Å². The lowest BCUT2D eigenvalue weighted by molar-refractivity contribution is -0.187. The van der Waals surface area contributed by atoms with Gasteiger partial charge < -0.3 is 4.74 Å². The molecule has 0 saturated heterocycles. The Hall–Kier alpha value is -2.96. The van der Waals surface area contributed by atoms with E-state index < -0.39 is 40.7 Å². The smallest absolute Gasteiger partial charge is 0.429 e. The van der Waals surface area contributed by atoms with Crippen molar-refractivity contribution in [2.24, 2.45) is 17.8 Å². The molecule has 3 aromatic rings. The summed E-state index contributed by atoms with van der Waals surface area (Å²) < 4.78 is 90.4. The highest BCUT2D eigenvalue weighted by molar-refractivity contribution is 5.65. The second-order valence-electron chi connectivity index (χ2n) is 12.5. The molecule has 43 heavy (non-hydrogen) atoms. The van der Waals surface area contributed by atoms with E-state index in [0.29, 0.717) is 12.1 Å². The van der Waals surface area contributed by atoms with Gasteiger partial charge in [0.1, 0.15) is 17.4 Å². The predicted octanol–water partition coefficient (Wildman–Crippen LogP) is 11.7. The maximum atomic E-state index is 15.3. The van der Waals surface area contributed by atoms with E-state index in [-0.39, 0.29) is 17.0 Å². The zero-order valence-corrected chi connectivity index (χ0v) is 24.7. The molecule has 3 aromatic carbocycles. The quantitative estimate of drug-likeness (QED) is 0.166. The maximum Gasteiger partial charge on any atom is 0.429 e. The number of ether oxygens (including phenoxy) is 1. The Morgan fingerprint density at radius 3 is 2.00 bits per heavy atom. The molecule has 0 bridgehead atoms. The highest BCUT2D eigenvalue weighted by Gasteiger charge is 2.38. The summed E-state index contributed by atoms with van der Waals surface area (Å²) in [5, 5.41) is 0. The molecule has 5 rings (SSSR count). The molecule has 0 unspecified atom stereocenters. The average Bonchev–Trinajstić information content (AvgIpc) is 2.99. The Bertz CT molecular complexity index is 1370. The predicted molar refractivity (Wildman–Crippen MR) is 157 cm³/mol. The second-order valence-corrected chi connectivity index (χ2v) is 12.5. The third-order valence-electron chi connectivity index (χ3n) is 9.74. The molecule has 1 nitrogen and oxygen atoms in total. The molecule has 2 saturated carbocycles. The standard InChI is InChI=1S/C36H40F6O/c1-2-3-4-5-23-6-8-24(9-7-23)25-10-12-26(13-11-25)27-14-17-30(33(38)20-27)28-15-18-31(34(39)21-28)36(41,42)43-29-16-19-32(37)35(40)22-29/h14-26H,2-13H2,1H3. The van der Waals surface area contributed by atoms with Crippen LogP contribution in [0.15, 0.2) is 54.6 Å². The van der Waals surface area contributed by atoms with E-state index in [1.165, 1.54) is 63.5 Å². The van der Waals surface area contributed by atoms with Crippen LogP contribution in [-0.2, 0) is 6.11 Å². The minimum absolute atomic E-state index is 0.114. The number of rotatable bonds is 10. The molecule has 232 valence electrons. The van der Waals surface area contributed by atoms with E-state index in [4.69, 9.17) is 0 Å². The first-order valence-corrected chi connectivity index (χ1v) is 15.8. The molecule has 0 aromatic heterocycles. The van der Waals surface area contributed by atoms with Crippen LogP contribution in [0.1, 0.15) is 101 Å². The maximum absolute atomic E-state index is 15.3. The van der Waals surface area contributed by atoms with Gasteiger partial charge in [0.05, 0.1) is 5.56 Å². The fraction of sp³-hybridized carbons (Fsp3) is 0.500. The summed E-state index contributed by atoms with van der Waals surface area (Å²) in [5.41, 5.74) is 0.0500. The Labute approximate surface area is 250 Å². The van der Waals surface area contributed by atoms with E-state index in [2.05, 4.69) is 11.7 Å². The zero-order valence-electron chi connectivity index (χ0n) is 24.7. The van der Waals surface area contributed by atoms with Crippen LogP contribution in [-0.4, -0.2) is 0 Å². The summed E-state index contributed by atoms with van der Waals surface area (Å²) >= 11 is 0. The SMILES string of the molecule is CCCCCC1CCC(C2CCC(c3ccc(-c4ccc(C(F)(F)Oc5ccc(F)c(F)c5)c(F)c4)c(F)c3)CC2)CC1. The number of unbranched alkanes of at least 4 members (excludes halogenated alkanes) is 2. The molecule has 0 aliphatic heterocycles. The van der Waals surface area contributed by atoms with Gasteiger partial charge >= 0.3 is 6.11 Å². The normalized spacial score (nSPS) is 22.9. The van der Waals surface area contributed by atoms with Gasteiger partial charge in [-0.3, -0.25) is 0 Å². The van der Waals surface area contributed by atoms with Crippen molar-refractivity contribution >= 4 is 0 Å². The van der Waals surface area contributed by atoms with E-state index in [0.717, 1.165) is 67.2 Å². The number of hydrogen-bond donors (Lipinski definition) is 0. The van der Waals surface area contributed by atoms with Crippen molar-refractivity contribution in [3.8, 4) is 16.9 Å². The summed E-state index contributed by atoms with van der Waals surface area (Å²) in [6, 6.07) is 9.70. The first-order chi connectivity index (χ1) is 20.6. The van der Waals surface area contributed by atoms with E-state index in [9.17, 15) is 22.0 Å². The van der Waals surface area contributed by atoms with Crippen molar-refractivity contribution in [1.29, 1.82) is 0 Å². The van der Waals surface area contributed by atoms with Crippen LogP contribution >= 0.6 is 0 Å². The van der Waals surface area contributed by atoms with E-state index in [1.54, 1.807) is 6.07 Å². The lowest BCUT2D eigenvalue weighted by Gasteiger charge is -2.38. The van der Waals surface area contributed by atoms with Crippen molar-refractivity contribution in [1.82, 2.24) is 0 Å². The summed E-state index contributed by atoms with van der Waals surface area (Å²) in [7, 11) is 0. The average molecular weight is 603 g/mol. The van der Waals surface area contributed by atoms with Gasteiger partial charge in [0.15, 0.2) is 11.6 Å². The van der Waals surface area contributed by atoms with Crippen LogP contribution in [0.4, 0.5) is 26.3 Å². The fourth-order valence-corrected chi connectivity index (χ4v) is 7.24. The van der Waals surface area contributed by atoms with Gasteiger partial charge in [-0.15, -0.1) is 0 Å². The van der Waals surface area contributed by atoms with E-state index >= 15 is 4.39 Å². The minimum Gasteiger partial charge on any atom is -0.429 e. The fourth-order valence-electron chi connectivity index (χ4n) is 7.24. The third-order valence-corrected chi connectivity index (χ3v) is 9.74.